The molecule has 1 saturated heterocycles. The molecule has 0 unspecified atom stereocenters. The summed E-state index contributed by atoms with van der Waals surface area (Å²) >= 11 is 6.10. The third-order valence-corrected chi connectivity index (χ3v) is 5.41. The average molecular weight is 430 g/mol. The molecule has 1 aliphatic rings. The summed E-state index contributed by atoms with van der Waals surface area (Å²) in [6.45, 7) is 8.87. The number of nitrogens with zero attached hydrogens (tertiary/aromatic N) is 2. The highest BCUT2D eigenvalue weighted by atomic mass is 35.5. The van der Waals surface area contributed by atoms with Gasteiger partial charge in [-0.2, -0.15) is 0 Å². The van der Waals surface area contributed by atoms with E-state index in [0.29, 0.717) is 35.1 Å². The standard InChI is InChI=1S/C23H28ClN3O3/c1-23(2,3)22(29)27-13-11-26(12-14-27)18-8-6-17(7-9-18)25-21(28)16-5-10-20(30-4)19(24)15-16/h5-10,15H,11-14H2,1-4H3,(H,25,28). The van der Waals surface area contributed by atoms with E-state index >= 15 is 0 Å². The van der Waals surface area contributed by atoms with Crippen molar-refractivity contribution in [3.05, 3.63) is 53.1 Å². The maximum Gasteiger partial charge on any atom is 0.255 e. The Balaban J connectivity index is 1.58. The smallest absolute Gasteiger partial charge is 0.255 e. The fraction of sp³-hybridized carbons (Fsp3) is 0.391. The molecular weight excluding hydrogens is 402 g/mol. The van der Waals surface area contributed by atoms with E-state index in [1.54, 1.807) is 18.2 Å². The monoisotopic (exact) mass is 429 g/mol. The number of nitrogens with one attached hydrogen (secondary N) is 1. The minimum Gasteiger partial charge on any atom is -0.495 e. The molecule has 30 heavy (non-hydrogen) atoms. The number of carbonyl (C=O) groups is 2. The third-order valence-electron chi connectivity index (χ3n) is 5.11. The predicted octanol–water partition coefficient (Wildman–Crippen LogP) is 4.30. The van der Waals surface area contributed by atoms with E-state index in [9.17, 15) is 9.59 Å². The van der Waals surface area contributed by atoms with Crippen molar-refractivity contribution in [1.29, 1.82) is 0 Å². The van der Waals surface area contributed by atoms with Gasteiger partial charge in [0.15, 0.2) is 0 Å². The Morgan fingerprint density at radius 1 is 1.00 bits per heavy atom. The van der Waals surface area contributed by atoms with Crippen LogP contribution in [0.5, 0.6) is 5.75 Å². The van der Waals surface area contributed by atoms with Gasteiger partial charge in [0.2, 0.25) is 5.91 Å². The summed E-state index contributed by atoms with van der Waals surface area (Å²) in [5.74, 6) is 0.488. The highest BCUT2D eigenvalue weighted by Gasteiger charge is 2.29. The first-order chi connectivity index (χ1) is 14.2. The van der Waals surface area contributed by atoms with E-state index in [1.165, 1.54) is 7.11 Å². The number of halogens is 1. The fourth-order valence-corrected chi connectivity index (χ4v) is 3.67. The van der Waals surface area contributed by atoms with Crippen LogP contribution in [0.4, 0.5) is 11.4 Å². The molecule has 1 fully saturated rings. The lowest BCUT2D eigenvalue weighted by atomic mass is 9.94. The molecule has 0 radical (unpaired) electrons. The number of hydrogen-bond acceptors (Lipinski definition) is 4. The lowest BCUT2D eigenvalue weighted by molar-refractivity contribution is -0.139. The molecule has 0 bridgehead atoms. The van der Waals surface area contributed by atoms with E-state index in [-0.39, 0.29) is 17.2 Å². The second-order valence-corrected chi connectivity index (χ2v) is 8.79. The van der Waals surface area contributed by atoms with Crippen molar-refractivity contribution in [2.45, 2.75) is 20.8 Å². The van der Waals surface area contributed by atoms with Gasteiger partial charge in [0, 0.05) is 48.5 Å². The van der Waals surface area contributed by atoms with Gasteiger partial charge in [0.05, 0.1) is 12.1 Å². The topological polar surface area (TPSA) is 61.9 Å². The molecule has 2 amide bonds. The number of hydrogen-bond donors (Lipinski definition) is 1. The van der Waals surface area contributed by atoms with Crippen LogP contribution in [0.2, 0.25) is 5.02 Å². The van der Waals surface area contributed by atoms with Gasteiger partial charge in [-0.1, -0.05) is 32.4 Å². The Labute approximate surface area is 182 Å². The molecule has 6 nitrogen and oxygen atoms in total. The molecule has 1 aliphatic heterocycles. The van der Waals surface area contributed by atoms with E-state index in [0.717, 1.165) is 18.8 Å². The molecule has 0 aromatic heterocycles. The number of benzene rings is 2. The van der Waals surface area contributed by atoms with Crippen molar-refractivity contribution in [2.75, 3.05) is 43.5 Å². The van der Waals surface area contributed by atoms with Gasteiger partial charge in [0.25, 0.3) is 5.91 Å². The molecule has 0 saturated carbocycles. The summed E-state index contributed by atoms with van der Waals surface area (Å²) in [5, 5.41) is 3.27. The van der Waals surface area contributed by atoms with E-state index < -0.39 is 0 Å². The van der Waals surface area contributed by atoms with Gasteiger partial charge < -0.3 is 19.9 Å². The molecule has 1 heterocycles. The van der Waals surface area contributed by atoms with Crippen LogP contribution >= 0.6 is 11.6 Å². The molecule has 160 valence electrons. The Morgan fingerprint density at radius 2 is 1.63 bits per heavy atom. The largest absolute Gasteiger partial charge is 0.495 e. The Hall–Kier alpha value is -2.73. The Kier molecular flexibility index (Phi) is 6.56. The van der Waals surface area contributed by atoms with Crippen molar-refractivity contribution in [1.82, 2.24) is 4.90 Å². The van der Waals surface area contributed by atoms with Crippen molar-refractivity contribution in [2.24, 2.45) is 5.41 Å². The molecule has 0 spiro atoms. The van der Waals surface area contributed by atoms with Crippen LogP contribution < -0.4 is 15.0 Å². The maximum absolute atomic E-state index is 12.5. The van der Waals surface area contributed by atoms with Gasteiger partial charge in [-0.15, -0.1) is 0 Å². The number of rotatable bonds is 4. The third kappa shape index (κ3) is 5.05. The maximum atomic E-state index is 12.5. The van der Waals surface area contributed by atoms with Crippen LogP contribution in [0.1, 0.15) is 31.1 Å². The highest BCUT2D eigenvalue weighted by molar-refractivity contribution is 6.32. The number of amides is 2. The van der Waals surface area contributed by atoms with Crippen LogP contribution in [-0.4, -0.2) is 50.0 Å². The zero-order valence-corrected chi connectivity index (χ0v) is 18.6. The number of carbonyl (C=O) groups excluding carboxylic acids is 2. The summed E-state index contributed by atoms with van der Waals surface area (Å²) in [6.07, 6.45) is 0. The first-order valence-corrected chi connectivity index (χ1v) is 10.4. The van der Waals surface area contributed by atoms with E-state index in [2.05, 4.69) is 10.2 Å². The summed E-state index contributed by atoms with van der Waals surface area (Å²) < 4.78 is 5.11. The number of piperazine rings is 1. The minimum atomic E-state index is -0.351. The SMILES string of the molecule is COc1ccc(C(=O)Nc2ccc(N3CCN(C(=O)C(C)(C)C)CC3)cc2)cc1Cl. The molecule has 2 aromatic carbocycles. The van der Waals surface area contributed by atoms with Crippen LogP contribution in [-0.2, 0) is 4.79 Å². The van der Waals surface area contributed by atoms with E-state index in [4.69, 9.17) is 16.3 Å². The van der Waals surface area contributed by atoms with Gasteiger partial charge in [-0.25, -0.2) is 0 Å². The van der Waals surface area contributed by atoms with Gasteiger partial charge >= 0.3 is 0 Å². The Bertz CT molecular complexity index is 914. The molecule has 1 N–H and O–H groups in total. The number of methoxy groups -OCH3 is 1. The highest BCUT2D eigenvalue weighted by Crippen LogP contribution is 2.26. The van der Waals surface area contributed by atoms with Crippen molar-refractivity contribution in [3.63, 3.8) is 0 Å². The predicted molar refractivity (Wildman–Crippen MR) is 121 cm³/mol. The summed E-state index contributed by atoms with van der Waals surface area (Å²) in [4.78, 5) is 29.1. The van der Waals surface area contributed by atoms with Crippen LogP contribution in [0.15, 0.2) is 42.5 Å². The molecule has 7 heteroatoms. The minimum absolute atomic E-state index is 0.193. The summed E-state index contributed by atoms with van der Waals surface area (Å²) in [6, 6.07) is 12.7. The normalized spacial score (nSPS) is 14.4. The van der Waals surface area contributed by atoms with Crippen molar-refractivity contribution >= 4 is 34.8 Å². The average Bonchev–Trinajstić information content (AvgIpc) is 2.73. The summed E-state index contributed by atoms with van der Waals surface area (Å²) in [7, 11) is 1.53. The summed E-state index contributed by atoms with van der Waals surface area (Å²) in [5.41, 5.74) is 1.89. The zero-order valence-electron chi connectivity index (χ0n) is 17.9. The van der Waals surface area contributed by atoms with Crippen molar-refractivity contribution < 1.29 is 14.3 Å². The van der Waals surface area contributed by atoms with Gasteiger partial charge in [-0.3, -0.25) is 9.59 Å². The lowest BCUT2D eigenvalue weighted by Gasteiger charge is -2.38. The van der Waals surface area contributed by atoms with E-state index in [1.807, 2.05) is 49.9 Å². The van der Waals surface area contributed by atoms with Gasteiger partial charge in [-0.05, 0) is 42.5 Å². The van der Waals surface area contributed by atoms with Crippen LogP contribution in [0.3, 0.4) is 0 Å². The lowest BCUT2D eigenvalue weighted by Crippen LogP contribution is -2.51. The molecular formula is C23H28ClN3O3. The second kappa shape index (κ2) is 8.96. The molecule has 0 atom stereocenters. The molecule has 0 aliphatic carbocycles. The fourth-order valence-electron chi connectivity index (χ4n) is 3.41. The number of anilines is 2. The second-order valence-electron chi connectivity index (χ2n) is 8.38. The number of ether oxygens (including phenoxy) is 1. The van der Waals surface area contributed by atoms with Crippen LogP contribution in [0, 0.1) is 5.41 Å². The first kappa shape index (κ1) is 22.0. The quantitative estimate of drug-likeness (QED) is 0.787. The van der Waals surface area contributed by atoms with Crippen LogP contribution in [0.25, 0.3) is 0 Å². The zero-order chi connectivity index (χ0) is 21.9. The molecule has 3 rings (SSSR count). The van der Waals surface area contributed by atoms with Gasteiger partial charge in [0.1, 0.15) is 5.75 Å². The Morgan fingerprint density at radius 3 is 2.17 bits per heavy atom. The van der Waals surface area contributed by atoms with Crippen molar-refractivity contribution in [3.8, 4) is 5.75 Å². The first-order valence-electron chi connectivity index (χ1n) is 9.98. The molecule has 2 aromatic rings.